The van der Waals surface area contributed by atoms with Gasteiger partial charge in [-0.25, -0.2) is 0 Å². The Labute approximate surface area is 97.2 Å². The molecular weight excluding hydrogens is 206 g/mol. The van der Waals surface area contributed by atoms with Gasteiger partial charge < -0.3 is 15.7 Å². The summed E-state index contributed by atoms with van der Waals surface area (Å²) in [6, 6.07) is 0.293. The smallest absolute Gasteiger partial charge is 0.140 e. The Balaban J connectivity index is 2.48. The molecule has 1 heterocycles. The molecule has 0 bridgehead atoms. The highest BCUT2D eigenvalue weighted by molar-refractivity contribution is 5.80. The fraction of sp³-hybridized carbons (Fsp3) is 0.909. The maximum Gasteiger partial charge on any atom is 0.140 e. The molecule has 0 aliphatic carbocycles. The minimum absolute atomic E-state index is 0.292. The number of likely N-dealkylation sites (tertiary alicyclic amines) is 1. The third-order valence-corrected chi connectivity index (χ3v) is 3.48. The molecule has 3 atom stereocenters. The molecule has 3 N–H and O–H groups in total. The first-order valence-electron chi connectivity index (χ1n) is 5.81. The molecule has 5 nitrogen and oxygen atoms in total. The van der Waals surface area contributed by atoms with E-state index in [0.717, 1.165) is 19.5 Å². The number of ether oxygens (including phenoxy) is 1. The number of hydrogen-bond donors (Lipinski definition) is 2. The number of oxime groups is 1. The predicted octanol–water partition coefficient (Wildman–Crippen LogP) is 0.868. The quantitative estimate of drug-likeness (QED) is 0.325. The molecule has 0 spiro atoms. The van der Waals surface area contributed by atoms with Crippen LogP contribution >= 0.6 is 0 Å². The summed E-state index contributed by atoms with van der Waals surface area (Å²) in [6.45, 7) is 6.30. The van der Waals surface area contributed by atoms with E-state index in [1.807, 2.05) is 0 Å². The molecule has 1 aliphatic rings. The number of nitrogens with two attached hydrogens (primary N) is 1. The van der Waals surface area contributed by atoms with Gasteiger partial charge in [0, 0.05) is 26.1 Å². The van der Waals surface area contributed by atoms with Crippen molar-refractivity contribution in [2.75, 3.05) is 20.2 Å². The Morgan fingerprint density at radius 2 is 2.38 bits per heavy atom. The van der Waals surface area contributed by atoms with Crippen LogP contribution in [0.4, 0.5) is 0 Å². The van der Waals surface area contributed by atoms with Gasteiger partial charge in [-0.3, -0.25) is 4.90 Å². The summed E-state index contributed by atoms with van der Waals surface area (Å²) in [5, 5.41) is 11.6. The highest BCUT2D eigenvalue weighted by Crippen LogP contribution is 2.21. The molecule has 0 amide bonds. The van der Waals surface area contributed by atoms with Gasteiger partial charge in [-0.05, 0) is 25.8 Å². The van der Waals surface area contributed by atoms with Crippen molar-refractivity contribution < 1.29 is 9.94 Å². The van der Waals surface area contributed by atoms with Gasteiger partial charge in [0.1, 0.15) is 5.84 Å². The summed E-state index contributed by atoms with van der Waals surface area (Å²) in [4.78, 5) is 2.34. The fourth-order valence-corrected chi connectivity index (χ4v) is 2.24. The van der Waals surface area contributed by atoms with E-state index in [1.54, 1.807) is 7.11 Å². The van der Waals surface area contributed by atoms with Gasteiger partial charge in [0.25, 0.3) is 0 Å². The Morgan fingerprint density at radius 3 is 2.94 bits per heavy atom. The van der Waals surface area contributed by atoms with E-state index >= 15 is 0 Å². The zero-order chi connectivity index (χ0) is 12.1. The average molecular weight is 229 g/mol. The van der Waals surface area contributed by atoms with Crippen molar-refractivity contribution in [3.63, 3.8) is 0 Å². The molecule has 0 aromatic heterocycles. The summed E-state index contributed by atoms with van der Waals surface area (Å²) in [5.74, 6) is 0.900. The maximum atomic E-state index is 8.54. The van der Waals surface area contributed by atoms with Gasteiger partial charge in [-0.1, -0.05) is 12.1 Å². The van der Waals surface area contributed by atoms with E-state index < -0.39 is 0 Å². The Bertz CT molecular complexity index is 245. The van der Waals surface area contributed by atoms with Crippen molar-refractivity contribution in [3.8, 4) is 0 Å². The number of nitrogens with zero attached hydrogens (tertiary/aromatic N) is 2. The summed E-state index contributed by atoms with van der Waals surface area (Å²) in [5.41, 5.74) is 5.52. The zero-order valence-corrected chi connectivity index (χ0v) is 10.4. The topological polar surface area (TPSA) is 71.1 Å². The van der Waals surface area contributed by atoms with Crippen molar-refractivity contribution in [1.29, 1.82) is 0 Å². The van der Waals surface area contributed by atoms with Crippen molar-refractivity contribution >= 4 is 5.84 Å². The van der Waals surface area contributed by atoms with Crippen LogP contribution < -0.4 is 5.73 Å². The lowest BCUT2D eigenvalue weighted by Crippen LogP contribution is -2.48. The van der Waals surface area contributed by atoms with Crippen molar-refractivity contribution in [1.82, 2.24) is 4.90 Å². The van der Waals surface area contributed by atoms with Gasteiger partial charge in [0.05, 0.1) is 6.10 Å². The molecule has 0 radical (unpaired) electrons. The average Bonchev–Trinajstić information content (AvgIpc) is 2.29. The number of hydrogen-bond acceptors (Lipinski definition) is 4. The molecule has 1 aliphatic heterocycles. The third-order valence-electron chi connectivity index (χ3n) is 3.48. The number of methoxy groups -OCH3 is 1. The summed E-state index contributed by atoms with van der Waals surface area (Å²) in [7, 11) is 1.76. The third kappa shape index (κ3) is 3.35. The van der Waals surface area contributed by atoms with Gasteiger partial charge in [0.2, 0.25) is 0 Å². The first kappa shape index (κ1) is 13.3. The summed E-state index contributed by atoms with van der Waals surface area (Å²) >= 11 is 0. The highest BCUT2D eigenvalue weighted by Gasteiger charge is 2.28. The normalized spacial score (nSPS) is 30.3. The summed E-state index contributed by atoms with van der Waals surface area (Å²) < 4.78 is 5.46. The lowest BCUT2D eigenvalue weighted by Gasteiger charge is -2.39. The lowest BCUT2D eigenvalue weighted by atomic mass is 9.94. The van der Waals surface area contributed by atoms with Crippen LogP contribution in [0.5, 0.6) is 0 Å². The molecule has 0 saturated carbocycles. The minimum Gasteiger partial charge on any atom is -0.409 e. The molecule has 1 saturated heterocycles. The Kier molecular flexibility index (Phi) is 5.02. The maximum absolute atomic E-state index is 8.54. The first-order chi connectivity index (χ1) is 7.58. The van der Waals surface area contributed by atoms with Crippen LogP contribution in [0.1, 0.15) is 26.7 Å². The molecule has 0 aromatic carbocycles. The van der Waals surface area contributed by atoms with E-state index in [4.69, 9.17) is 15.7 Å². The molecule has 3 unspecified atom stereocenters. The molecule has 0 aromatic rings. The van der Waals surface area contributed by atoms with Gasteiger partial charge in [-0.2, -0.15) is 0 Å². The van der Waals surface area contributed by atoms with Gasteiger partial charge >= 0.3 is 0 Å². The van der Waals surface area contributed by atoms with Crippen molar-refractivity contribution in [2.45, 2.75) is 38.8 Å². The van der Waals surface area contributed by atoms with Gasteiger partial charge in [0.15, 0.2) is 0 Å². The molecule has 1 fully saturated rings. The standard InChI is InChI=1S/C11H23N3O2/c1-8-4-5-14(7-10(8)16-3)9(2)6-11(12)13-15/h8-10,15H,4-7H2,1-3H3,(H2,12,13). The van der Waals surface area contributed by atoms with Crippen LogP contribution in [-0.2, 0) is 4.74 Å². The van der Waals surface area contributed by atoms with E-state index in [2.05, 4.69) is 23.9 Å². The van der Waals surface area contributed by atoms with E-state index in [0.29, 0.717) is 30.3 Å². The van der Waals surface area contributed by atoms with Crippen LogP contribution in [-0.4, -0.2) is 48.3 Å². The molecule has 16 heavy (non-hydrogen) atoms. The Hall–Kier alpha value is -0.810. The lowest BCUT2D eigenvalue weighted by molar-refractivity contribution is -0.0158. The number of piperidine rings is 1. The van der Waals surface area contributed by atoms with E-state index in [-0.39, 0.29) is 0 Å². The van der Waals surface area contributed by atoms with E-state index in [9.17, 15) is 0 Å². The first-order valence-corrected chi connectivity index (χ1v) is 5.81. The molecule has 94 valence electrons. The van der Waals surface area contributed by atoms with Gasteiger partial charge in [-0.15, -0.1) is 0 Å². The van der Waals surface area contributed by atoms with Crippen LogP contribution in [0.25, 0.3) is 0 Å². The SMILES string of the molecule is COC1CN(C(C)CC(N)=NO)CCC1C. The van der Waals surface area contributed by atoms with Crippen molar-refractivity contribution in [2.24, 2.45) is 16.8 Å². The van der Waals surface area contributed by atoms with Crippen LogP contribution in [0.15, 0.2) is 5.16 Å². The second kappa shape index (κ2) is 6.06. The Morgan fingerprint density at radius 1 is 1.69 bits per heavy atom. The highest BCUT2D eigenvalue weighted by atomic mass is 16.5. The summed E-state index contributed by atoms with van der Waals surface area (Å²) in [6.07, 6.45) is 2.03. The zero-order valence-electron chi connectivity index (χ0n) is 10.4. The fourth-order valence-electron chi connectivity index (χ4n) is 2.24. The number of amidine groups is 1. The second-order valence-corrected chi connectivity index (χ2v) is 4.68. The number of rotatable bonds is 4. The van der Waals surface area contributed by atoms with Crippen LogP contribution in [0.3, 0.4) is 0 Å². The minimum atomic E-state index is 0.292. The molecule has 1 rings (SSSR count). The largest absolute Gasteiger partial charge is 0.409 e. The van der Waals surface area contributed by atoms with Crippen molar-refractivity contribution in [3.05, 3.63) is 0 Å². The predicted molar refractivity (Wildman–Crippen MR) is 63.6 cm³/mol. The van der Waals surface area contributed by atoms with Crippen LogP contribution in [0.2, 0.25) is 0 Å². The van der Waals surface area contributed by atoms with Crippen LogP contribution in [0, 0.1) is 5.92 Å². The molecular formula is C11H23N3O2. The monoisotopic (exact) mass is 229 g/mol. The second-order valence-electron chi connectivity index (χ2n) is 4.68. The van der Waals surface area contributed by atoms with E-state index in [1.165, 1.54) is 0 Å². The molecule has 5 heteroatoms.